The number of carbonyl (C=O) groups is 4. The molecule has 0 amide bonds. The molecule has 10 nitrogen and oxygen atoms in total. The van der Waals surface area contributed by atoms with Crippen LogP contribution in [0.25, 0.3) is 0 Å². The molecule has 0 unspecified atom stereocenters. The number of aromatic carboxylic acids is 1. The highest BCUT2D eigenvalue weighted by molar-refractivity contribution is 5.90. The van der Waals surface area contributed by atoms with Crippen LogP contribution < -0.4 is 5.32 Å². The molecule has 0 spiro atoms. The molecule has 48 heavy (non-hydrogen) atoms. The number of esters is 2. The molecule has 0 atom stereocenters. The largest absolute Gasteiger partial charge is 0.478 e. The van der Waals surface area contributed by atoms with Crippen LogP contribution in [0, 0.1) is 0 Å². The van der Waals surface area contributed by atoms with Crippen molar-refractivity contribution in [3.05, 3.63) is 106 Å². The van der Waals surface area contributed by atoms with Gasteiger partial charge in [0.25, 0.3) is 0 Å². The lowest BCUT2D eigenvalue weighted by molar-refractivity contribution is 0.0592. The number of hydrogen-bond donors (Lipinski definition) is 2. The summed E-state index contributed by atoms with van der Waals surface area (Å²) in [6, 6.07) is 21.1. The molecule has 0 radical (unpaired) electrons. The van der Waals surface area contributed by atoms with Gasteiger partial charge in [0, 0.05) is 18.7 Å². The second-order valence-electron chi connectivity index (χ2n) is 11.8. The molecule has 2 N–H and O–H groups in total. The van der Waals surface area contributed by atoms with Crippen LogP contribution in [0.5, 0.6) is 0 Å². The molecular formula is C38H49N3O7. The van der Waals surface area contributed by atoms with E-state index in [9.17, 15) is 19.2 Å². The van der Waals surface area contributed by atoms with E-state index in [1.165, 1.54) is 103 Å². The molecule has 3 aromatic rings. The molecule has 0 aliphatic carbocycles. The maximum atomic E-state index is 11.2. The number of likely N-dealkylation sites (tertiary alicyclic amines) is 2. The van der Waals surface area contributed by atoms with Gasteiger partial charge in [-0.05, 0) is 125 Å². The number of nitrogens with one attached hydrogen (secondary N) is 1. The fourth-order valence-corrected chi connectivity index (χ4v) is 5.46. The number of ether oxygens (including phenoxy) is 2. The zero-order valence-corrected chi connectivity index (χ0v) is 28.2. The molecule has 258 valence electrons. The summed E-state index contributed by atoms with van der Waals surface area (Å²) in [6.45, 7) is 9.15. The second-order valence-corrected chi connectivity index (χ2v) is 11.8. The van der Waals surface area contributed by atoms with Gasteiger partial charge >= 0.3 is 17.9 Å². The number of carboxylic acid groups (broad SMARTS) is 1. The van der Waals surface area contributed by atoms with Crippen molar-refractivity contribution in [3.8, 4) is 0 Å². The van der Waals surface area contributed by atoms with Crippen molar-refractivity contribution in [2.45, 2.75) is 51.6 Å². The van der Waals surface area contributed by atoms with Crippen molar-refractivity contribution in [3.63, 3.8) is 0 Å². The summed E-state index contributed by atoms with van der Waals surface area (Å²) >= 11 is 0. The standard InChI is InChI=1S/C13H17NO2.C12H15NO2.C9H8O3.C4H9N/c1-16-13(15)12-6-4-11(5-7-12)10-14-8-2-3-9-14;14-12(15)11-5-3-10(4-6-11)9-13-7-1-2-8-13;1-12-9(11)8-4-2-7(6-10)3-5-8;1-2-4-5-3-1/h4-7H,2-3,8-10H2,1H3;3-6H,1-2,7-9H2,(H,14,15);2-6H,1H3;5H,1-4H2. The van der Waals surface area contributed by atoms with Crippen LogP contribution >= 0.6 is 0 Å². The first-order chi connectivity index (χ1) is 23.3. The van der Waals surface area contributed by atoms with E-state index in [0.29, 0.717) is 22.3 Å². The Bertz CT molecular complexity index is 1390. The molecule has 3 heterocycles. The molecular weight excluding hydrogens is 610 g/mol. The summed E-state index contributed by atoms with van der Waals surface area (Å²) in [5.41, 5.74) is 4.43. The zero-order chi connectivity index (χ0) is 34.6. The normalized spacial score (nSPS) is 15.5. The van der Waals surface area contributed by atoms with Crippen LogP contribution in [-0.4, -0.2) is 92.6 Å². The Labute approximate surface area is 284 Å². The minimum absolute atomic E-state index is 0.271. The lowest BCUT2D eigenvalue weighted by atomic mass is 10.1. The number of hydrogen-bond acceptors (Lipinski definition) is 9. The minimum atomic E-state index is -0.859. The van der Waals surface area contributed by atoms with Gasteiger partial charge in [-0.1, -0.05) is 36.4 Å². The number of rotatable bonds is 8. The van der Waals surface area contributed by atoms with Gasteiger partial charge < -0.3 is 19.9 Å². The van der Waals surface area contributed by atoms with E-state index in [2.05, 4.69) is 24.6 Å². The van der Waals surface area contributed by atoms with E-state index in [4.69, 9.17) is 5.11 Å². The summed E-state index contributed by atoms with van der Waals surface area (Å²) in [6.07, 6.45) is 8.68. The van der Waals surface area contributed by atoms with Crippen LogP contribution in [-0.2, 0) is 22.6 Å². The van der Waals surface area contributed by atoms with Gasteiger partial charge in [0.05, 0.1) is 30.9 Å². The Hall–Kier alpha value is -4.38. The first-order valence-corrected chi connectivity index (χ1v) is 16.6. The summed E-state index contributed by atoms with van der Waals surface area (Å²) in [4.78, 5) is 47.9. The Morgan fingerprint density at radius 2 is 1.00 bits per heavy atom. The van der Waals surface area contributed by atoms with Crippen LogP contribution in [0.3, 0.4) is 0 Å². The number of carbonyl (C=O) groups excluding carboxylic acids is 3. The summed E-state index contributed by atoms with van der Waals surface area (Å²) in [5, 5.41) is 12.0. The van der Waals surface area contributed by atoms with Crippen molar-refractivity contribution < 1.29 is 33.8 Å². The van der Waals surface area contributed by atoms with Crippen molar-refractivity contribution in [1.29, 1.82) is 0 Å². The van der Waals surface area contributed by atoms with Crippen LogP contribution in [0.15, 0.2) is 72.8 Å². The van der Waals surface area contributed by atoms with Gasteiger partial charge in [-0.15, -0.1) is 0 Å². The van der Waals surface area contributed by atoms with E-state index in [-0.39, 0.29) is 5.97 Å². The summed E-state index contributed by atoms with van der Waals surface area (Å²) in [7, 11) is 2.72. The van der Waals surface area contributed by atoms with E-state index in [0.717, 1.165) is 19.4 Å². The highest BCUT2D eigenvalue weighted by Crippen LogP contribution is 2.15. The van der Waals surface area contributed by atoms with Crippen molar-refractivity contribution in [2.24, 2.45) is 0 Å². The Morgan fingerprint density at radius 3 is 1.31 bits per heavy atom. The van der Waals surface area contributed by atoms with Gasteiger partial charge in [-0.3, -0.25) is 14.6 Å². The van der Waals surface area contributed by atoms with E-state index >= 15 is 0 Å². The predicted molar refractivity (Wildman–Crippen MR) is 185 cm³/mol. The topological polar surface area (TPSA) is 125 Å². The van der Waals surface area contributed by atoms with E-state index in [1.54, 1.807) is 36.4 Å². The highest BCUT2D eigenvalue weighted by Gasteiger charge is 2.13. The Kier molecular flexibility index (Phi) is 17.0. The maximum Gasteiger partial charge on any atom is 0.337 e. The molecule has 3 aromatic carbocycles. The number of nitrogens with zero attached hydrogens (tertiary/aromatic N) is 2. The maximum absolute atomic E-state index is 11.2. The molecule has 0 aromatic heterocycles. The number of aldehydes is 1. The van der Waals surface area contributed by atoms with Gasteiger partial charge in [0.2, 0.25) is 0 Å². The van der Waals surface area contributed by atoms with Crippen molar-refractivity contribution in [2.75, 3.05) is 53.5 Å². The van der Waals surface area contributed by atoms with E-state index < -0.39 is 11.9 Å². The second kappa shape index (κ2) is 21.5. The number of carboxylic acids is 1. The monoisotopic (exact) mass is 659 g/mol. The predicted octanol–water partition coefficient (Wildman–Crippen LogP) is 5.71. The molecule has 3 saturated heterocycles. The minimum Gasteiger partial charge on any atom is -0.478 e. The third kappa shape index (κ3) is 13.8. The molecule has 3 fully saturated rings. The van der Waals surface area contributed by atoms with Gasteiger partial charge in [-0.2, -0.15) is 0 Å². The number of methoxy groups -OCH3 is 2. The third-order valence-electron chi connectivity index (χ3n) is 8.21. The first-order valence-electron chi connectivity index (χ1n) is 16.6. The average molecular weight is 660 g/mol. The summed E-state index contributed by atoms with van der Waals surface area (Å²) in [5.74, 6) is -1.53. The zero-order valence-electron chi connectivity index (χ0n) is 28.2. The Morgan fingerprint density at radius 1 is 0.625 bits per heavy atom. The van der Waals surface area contributed by atoms with E-state index in [1.807, 2.05) is 36.4 Å². The van der Waals surface area contributed by atoms with Gasteiger partial charge in [0.15, 0.2) is 0 Å². The lowest BCUT2D eigenvalue weighted by Gasteiger charge is -2.14. The third-order valence-corrected chi connectivity index (χ3v) is 8.21. The molecule has 10 heteroatoms. The molecule has 3 aliphatic heterocycles. The summed E-state index contributed by atoms with van der Waals surface area (Å²) < 4.78 is 9.14. The smallest absolute Gasteiger partial charge is 0.337 e. The first kappa shape index (κ1) is 38.1. The van der Waals surface area contributed by atoms with Crippen LogP contribution in [0.4, 0.5) is 0 Å². The van der Waals surface area contributed by atoms with Gasteiger partial charge in [-0.25, -0.2) is 14.4 Å². The fraction of sp³-hybridized carbons (Fsp3) is 0.421. The molecule has 0 saturated carbocycles. The highest BCUT2D eigenvalue weighted by atomic mass is 16.5. The average Bonchev–Trinajstić information content (AvgIpc) is 3.96. The molecule has 3 aliphatic rings. The quantitative estimate of drug-likeness (QED) is 0.230. The van der Waals surface area contributed by atoms with Crippen molar-refractivity contribution >= 4 is 24.2 Å². The van der Waals surface area contributed by atoms with Gasteiger partial charge in [0.1, 0.15) is 6.29 Å². The van der Waals surface area contributed by atoms with Crippen LogP contribution in [0.2, 0.25) is 0 Å². The molecule has 6 rings (SSSR count). The SMILES string of the molecule is C1CCNC1.COC(=O)c1ccc(C=O)cc1.COC(=O)c1ccc(CN2CCCC2)cc1.O=C(O)c1ccc(CN2CCCC2)cc1. The number of benzene rings is 3. The Balaban J connectivity index is 0.000000183. The lowest BCUT2D eigenvalue weighted by Crippen LogP contribution is -2.18. The fourth-order valence-electron chi connectivity index (χ4n) is 5.46. The van der Waals surface area contributed by atoms with Crippen molar-refractivity contribution in [1.82, 2.24) is 15.1 Å². The molecule has 0 bridgehead atoms. The van der Waals surface area contributed by atoms with Crippen LogP contribution in [0.1, 0.15) is 91.1 Å².